The first kappa shape index (κ1) is 17.5. The van der Waals surface area contributed by atoms with E-state index in [-0.39, 0.29) is 11.9 Å². The van der Waals surface area contributed by atoms with Crippen molar-refractivity contribution in [3.05, 3.63) is 35.9 Å². The number of nitrogens with zero attached hydrogens (tertiary/aromatic N) is 2. The fraction of sp³-hybridized carbons (Fsp3) is 0.600. The number of amides is 3. The van der Waals surface area contributed by atoms with Crippen LogP contribution in [0.15, 0.2) is 30.3 Å². The van der Waals surface area contributed by atoms with Gasteiger partial charge in [-0.2, -0.15) is 0 Å². The number of carbonyl (C=O) groups is 2. The number of imide groups is 1. The van der Waals surface area contributed by atoms with E-state index in [1.54, 1.807) is 0 Å². The van der Waals surface area contributed by atoms with Gasteiger partial charge < -0.3 is 16.0 Å². The third-order valence-electron chi connectivity index (χ3n) is 6.39. The molecule has 0 bridgehead atoms. The van der Waals surface area contributed by atoms with E-state index in [1.165, 1.54) is 10.5 Å². The minimum atomic E-state index is -0.603. The molecule has 3 amide bonds. The predicted molar refractivity (Wildman–Crippen MR) is 99.6 cm³/mol. The monoisotopic (exact) mass is 356 g/mol. The highest BCUT2D eigenvalue weighted by molar-refractivity contribution is 6.07. The summed E-state index contributed by atoms with van der Waals surface area (Å²) in [6.07, 6.45) is 3.60. The van der Waals surface area contributed by atoms with Crippen LogP contribution in [0.1, 0.15) is 37.2 Å². The molecule has 4 rings (SSSR count). The molecule has 1 aliphatic carbocycles. The van der Waals surface area contributed by atoms with Crippen LogP contribution >= 0.6 is 0 Å². The zero-order chi connectivity index (χ0) is 18.1. The Morgan fingerprint density at radius 3 is 2.50 bits per heavy atom. The molecule has 0 unspecified atom stereocenters. The number of benzene rings is 1. The maximum absolute atomic E-state index is 12.8. The fourth-order valence-electron chi connectivity index (χ4n) is 4.90. The molecule has 2 aliphatic heterocycles. The summed E-state index contributed by atoms with van der Waals surface area (Å²) in [4.78, 5) is 28.8. The Bertz CT molecular complexity index is 672. The van der Waals surface area contributed by atoms with E-state index >= 15 is 0 Å². The van der Waals surface area contributed by atoms with Crippen LogP contribution in [0.5, 0.6) is 0 Å². The van der Waals surface area contributed by atoms with Gasteiger partial charge in [-0.15, -0.1) is 0 Å². The molecule has 6 nitrogen and oxygen atoms in total. The molecule has 6 heteroatoms. The zero-order valence-corrected chi connectivity index (χ0v) is 15.2. The highest BCUT2D eigenvalue weighted by Crippen LogP contribution is 2.35. The molecule has 2 heterocycles. The molecule has 1 spiro atoms. The van der Waals surface area contributed by atoms with Gasteiger partial charge in [-0.05, 0) is 30.9 Å². The molecule has 1 saturated carbocycles. The zero-order valence-electron chi connectivity index (χ0n) is 15.2. The summed E-state index contributed by atoms with van der Waals surface area (Å²) in [5.74, 6) is 0.821. The van der Waals surface area contributed by atoms with E-state index in [1.807, 2.05) is 6.07 Å². The summed E-state index contributed by atoms with van der Waals surface area (Å²) >= 11 is 0. The Morgan fingerprint density at radius 2 is 1.81 bits per heavy atom. The molecule has 0 radical (unpaired) electrons. The van der Waals surface area contributed by atoms with Crippen LogP contribution in [0.25, 0.3) is 0 Å². The quantitative estimate of drug-likeness (QED) is 0.784. The van der Waals surface area contributed by atoms with E-state index in [0.29, 0.717) is 24.9 Å². The summed E-state index contributed by atoms with van der Waals surface area (Å²) in [6, 6.07) is 10.3. The Kier molecular flexibility index (Phi) is 4.71. The second-order valence-corrected chi connectivity index (χ2v) is 7.95. The van der Waals surface area contributed by atoms with Gasteiger partial charge in [-0.1, -0.05) is 43.2 Å². The summed E-state index contributed by atoms with van der Waals surface area (Å²) < 4.78 is 0. The first-order valence-electron chi connectivity index (χ1n) is 9.74. The Hall–Kier alpha value is -1.92. The first-order chi connectivity index (χ1) is 12.6. The average Bonchev–Trinajstić information content (AvgIpc) is 3.34. The molecule has 2 saturated heterocycles. The van der Waals surface area contributed by atoms with Crippen molar-refractivity contribution in [3.63, 3.8) is 0 Å². The summed E-state index contributed by atoms with van der Waals surface area (Å²) in [6.45, 7) is 3.69. The molecule has 26 heavy (non-hydrogen) atoms. The van der Waals surface area contributed by atoms with Crippen molar-refractivity contribution in [2.75, 3.05) is 32.7 Å². The van der Waals surface area contributed by atoms with Crippen LogP contribution in [-0.4, -0.2) is 60.0 Å². The highest BCUT2D eigenvalue weighted by Gasteiger charge is 2.52. The van der Waals surface area contributed by atoms with Crippen molar-refractivity contribution in [1.82, 2.24) is 15.1 Å². The van der Waals surface area contributed by atoms with Crippen LogP contribution in [0.2, 0.25) is 0 Å². The number of hydrogen-bond acceptors (Lipinski definition) is 4. The molecule has 140 valence electrons. The van der Waals surface area contributed by atoms with Crippen LogP contribution < -0.4 is 11.1 Å². The minimum Gasteiger partial charge on any atom is -0.330 e. The third-order valence-corrected chi connectivity index (χ3v) is 6.39. The number of rotatable bonds is 5. The molecule has 3 aliphatic rings. The summed E-state index contributed by atoms with van der Waals surface area (Å²) in [7, 11) is 0. The van der Waals surface area contributed by atoms with Gasteiger partial charge in [-0.3, -0.25) is 9.69 Å². The summed E-state index contributed by atoms with van der Waals surface area (Å²) in [5, 5.41) is 2.96. The van der Waals surface area contributed by atoms with Gasteiger partial charge in [0.25, 0.3) is 5.91 Å². The lowest BCUT2D eigenvalue weighted by atomic mass is 9.89. The van der Waals surface area contributed by atoms with Gasteiger partial charge in [0.1, 0.15) is 5.54 Å². The Labute approximate surface area is 154 Å². The molecule has 0 aromatic heterocycles. The van der Waals surface area contributed by atoms with Gasteiger partial charge in [-0.25, -0.2) is 4.79 Å². The second-order valence-electron chi connectivity index (χ2n) is 7.95. The van der Waals surface area contributed by atoms with Crippen molar-refractivity contribution in [2.24, 2.45) is 11.7 Å². The Morgan fingerprint density at radius 1 is 1.08 bits per heavy atom. The van der Waals surface area contributed by atoms with Crippen molar-refractivity contribution in [3.8, 4) is 0 Å². The SMILES string of the molecule is NC[C@@H]1CN(CCN2C(=O)NC3(CCCC3)C2=O)C[C@H]1c1ccccc1. The third kappa shape index (κ3) is 3.01. The normalized spacial score (nSPS) is 28.3. The van der Waals surface area contributed by atoms with Gasteiger partial charge in [0.05, 0.1) is 0 Å². The lowest BCUT2D eigenvalue weighted by molar-refractivity contribution is -0.131. The average molecular weight is 356 g/mol. The van der Waals surface area contributed by atoms with Crippen molar-refractivity contribution in [1.29, 1.82) is 0 Å². The number of hydrogen-bond donors (Lipinski definition) is 2. The van der Waals surface area contributed by atoms with Crippen molar-refractivity contribution in [2.45, 2.75) is 37.1 Å². The van der Waals surface area contributed by atoms with Crippen molar-refractivity contribution >= 4 is 11.9 Å². The number of nitrogens with two attached hydrogens (primary N) is 1. The standard InChI is InChI=1S/C20H28N4O2/c21-12-16-13-23(14-17(16)15-6-2-1-3-7-15)10-11-24-18(25)20(22-19(24)26)8-4-5-9-20/h1-3,6-7,16-17H,4-5,8-14,21H2,(H,22,26)/t16-,17+/m1/s1. The number of nitrogens with one attached hydrogen (secondary N) is 1. The van der Waals surface area contributed by atoms with Gasteiger partial charge in [0, 0.05) is 32.1 Å². The topological polar surface area (TPSA) is 78.7 Å². The van der Waals surface area contributed by atoms with E-state index in [2.05, 4.69) is 34.5 Å². The van der Waals surface area contributed by atoms with E-state index in [0.717, 1.165) is 45.3 Å². The Balaban J connectivity index is 1.38. The predicted octanol–water partition coefficient (Wildman–Crippen LogP) is 1.53. The van der Waals surface area contributed by atoms with Crippen molar-refractivity contribution < 1.29 is 9.59 Å². The van der Waals surface area contributed by atoms with Crippen LogP contribution in [0.4, 0.5) is 4.79 Å². The summed E-state index contributed by atoms with van der Waals surface area (Å²) in [5.41, 5.74) is 6.73. The van der Waals surface area contributed by atoms with Gasteiger partial charge >= 0.3 is 6.03 Å². The van der Waals surface area contributed by atoms with Gasteiger partial charge in [0.2, 0.25) is 0 Å². The molecule has 1 aromatic rings. The highest BCUT2D eigenvalue weighted by atomic mass is 16.2. The van der Waals surface area contributed by atoms with E-state index < -0.39 is 5.54 Å². The molecule has 2 atom stereocenters. The minimum absolute atomic E-state index is 0.0193. The van der Waals surface area contributed by atoms with Crippen LogP contribution in [-0.2, 0) is 4.79 Å². The maximum Gasteiger partial charge on any atom is 0.325 e. The molecule has 3 fully saturated rings. The van der Waals surface area contributed by atoms with Gasteiger partial charge in [0.15, 0.2) is 0 Å². The lowest BCUT2D eigenvalue weighted by Gasteiger charge is -2.22. The number of carbonyl (C=O) groups excluding carboxylic acids is 2. The number of likely N-dealkylation sites (tertiary alicyclic amines) is 1. The van der Waals surface area contributed by atoms with Crippen LogP contribution in [0.3, 0.4) is 0 Å². The number of urea groups is 1. The van der Waals surface area contributed by atoms with E-state index in [9.17, 15) is 9.59 Å². The molecular formula is C20H28N4O2. The molecule has 3 N–H and O–H groups in total. The lowest BCUT2D eigenvalue weighted by Crippen LogP contribution is -2.44. The van der Waals surface area contributed by atoms with E-state index in [4.69, 9.17) is 5.73 Å². The molecule has 1 aromatic carbocycles. The van der Waals surface area contributed by atoms with Crippen LogP contribution in [0, 0.1) is 5.92 Å². The largest absolute Gasteiger partial charge is 0.330 e. The maximum atomic E-state index is 12.8. The molecular weight excluding hydrogens is 328 g/mol. The second kappa shape index (κ2) is 7.00. The smallest absolute Gasteiger partial charge is 0.325 e. The fourth-order valence-corrected chi connectivity index (χ4v) is 4.90. The first-order valence-corrected chi connectivity index (χ1v) is 9.74.